The van der Waals surface area contributed by atoms with Gasteiger partial charge in [-0.25, -0.2) is 0 Å². The smallest absolute Gasteiger partial charge is 0.220 e. The lowest BCUT2D eigenvalue weighted by atomic mass is 9.95. The number of carbonyl (C=O) groups excluding carboxylic acids is 1. The first-order chi connectivity index (χ1) is 15.8. The van der Waals surface area contributed by atoms with E-state index in [-0.39, 0.29) is 23.0 Å². The van der Waals surface area contributed by atoms with E-state index < -0.39 is 6.04 Å². The van der Waals surface area contributed by atoms with Crippen molar-refractivity contribution in [2.45, 2.75) is 39.2 Å². The highest BCUT2D eigenvalue weighted by molar-refractivity contribution is 6.34. The molecular formula is C25H30ClNO6. The summed E-state index contributed by atoms with van der Waals surface area (Å²) < 4.78 is 22.2. The van der Waals surface area contributed by atoms with Gasteiger partial charge in [0.05, 0.1) is 39.5 Å². The summed E-state index contributed by atoms with van der Waals surface area (Å²) in [6.45, 7) is 3.97. The van der Waals surface area contributed by atoms with Gasteiger partial charge in [-0.05, 0) is 47.6 Å². The number of hydrogen-bond donors (Lipinski definition) is 1. The van der Waals surface area contributed by atoms with Crippen molar-refractivity contribution in [3.8, 4) is 34.1 Å². The molecule has 178 valence electrons. The second-order valence-corrected chi connectivity index (χ2v) is 8.68. The molecule has 8 heteroatoms. The third-order valence-corrected chi connectivity index (χ3v) is 6.14. The van der Waals surface area contributed by atoms with Crippen LogP contribution in [0.3, 0.4) is 0 Å². The third-order valence-electron chi connectivity index (χ3n) is 5.74. The minimum absolute atomic E-state index is 0.0777. The first kappa shape index (κ1) is 24.7. The molecule has 0 bridgehead atoms. The molecule has 0 heterocycles. The van der Waals surface area contributed by atoms with E-state index in [0.717, 1.165) is 5.56 Å². The normalized spacial score (nSPS) is 14.6. The highest BCUT2D eigenvalue weighted by Gasteiger charge is 2.32. The lowest BCUT2D eigenvalue weighted by Crippen LogP contribution is -2.29. The Morgan fingerprint density at radius 1 is 1.06 bits per heavy atom. The van der Waals surface area contributed by atoms with Crippen molar-refractivity contribution in [2.75, 3.05) is 28.4 Å². The van der Waals surface area contributed by atoms with Gasteiger partial charge < -0.3 is 24.3 Å². The van der Waals surface area contributed by atoms with Crippen molar-refractivity contribution < 1.29 is 23.7 Å². The molecule has 1 atom stereocenters. The maximum absolute atomic E-state index is 12.9. The van der Waals surface area contributed by atoms with Gasteiger partial charge in [-0.1, -0.05) is 31.5 Å². The zero-order chi connectivity index (χ0) is 24.3. The molecular weight excluding hydrogens is 446 g/mol. The molecule has 0 aliphatic heterocycles. The van der Waals surface area contributed by atoms with Gasteiger partial charge in [0.1, 0.15) is 0 Å². The van der Waals surface area contributed by atoms with Crippen molar-refractivity contribution in [3.05, 3.63) is 44.6 Å². The number of benzene rings is 1. The average molecular weight is 476 g/mol. The Kier molecular flexibility index (Phi) is 7.74. The lowest BCUT2D eigenvalue weighted by molar-refractivity contribution is -0.122. The van der Waals surface area contributed by atoms with Crippen LogP contribution in [0.25, 0.3) is 11.1 Å². The number of halogens is 1. The number of fused-ring (bicyclic) bond motifs is 3. The van der Waals surface area contributed by atoms with Crippen molar-refractivity contribution in [1.29, 1.82) is 0 Å². The fraction of sp³-hybridized carbons (Fsp3) is 0.440. The SMILES string of the molecule is COc1c(Cl)c2c(c(OC)c1OC)-c1ccc(OC)c(=O)cc1[C@@H](NC(=O)CC(C)C)CC2. The molecule has 0 unspecified atom stereocenters. The van der Waals surface area contributed by atoms with E-state index in [1.54, 1.807) is 19.2 Å². The number of amides is 1. The first-order valence-electron chi connectivity index (χ1n) is 10.8. The highest BCUT2D eigenvalue weighted by Crippen LogP contribution is 2.54. The van der Waals surface area contributed by atoms with Crippen LogP contribution in [0.5, 0.6) is 23.0 Å². The number of rotatable bonds is 7. The van der Waals surface area contributed by atoms with Gasteiger partial charge in [0.25, 0.3) is 0 Å². The fourth-order valence-electron chi connectivity index (χ4n) is 4.31. The van der Waals surface area contributed by atoms with Crippen LogP contribution in [0.4, 0.5) is 0 Å². The second-order valence-electron chi connectivity index (χ2n) is 8.30. The van der Waals surface area contributed by atoms with Crippen LogP contribution >= 0.6 is 11.6 Å². The van der Waals surface area contributed by atoms with Crippen molar-refractivity contribution in [3.63, 3.8) is 0 Å². The predicted molar refractivity (Wildman–Crippen MR) is 128 cm³/mol. The van der Waals surface area contributed by atoms with Crippen LogP contribution < -0.4 is 29.7 Å². The van der Waals surface area contributed by atoms with Crippen LogP contribution in [0.15, 0.2) is 23.0 Å². The molecule has 0 aromatic heterocycles. The summed E-state index contributed by atoms with van der Waals surface area (Å²) in [6, 6.07) is 4.54. The van der Waals surface area contributed by atoms with E-state index in [0.29, 0.717) is 58.2 Å². The Labute approximate surface area is 199 Å². The van der Waals surface area contributed by atoms with Gasteiger partial charge in [0.15, 0.2) is 17.2 Å². The highest BCUT2D eigenvalue weighted by atomic mass is 35.5. The molecule has 3 rings (SSSR count). The molecule has 2 aromatic rings. The summed E-state index contributed by atoms with van der Waals surface area (Å²) in [7, 11) is 6.02. The summed E-state index contributed by atoms with van der Waals surface area (Å²) in [5, 5.41) is 3.52. The van der Waals surface area contributed by atoms with Gasteiger partial charge in [-0.3, -0.25) is 9.59 Å². The Morgan fingerprint density at radius 2 is 1.73 bits per heavy atom. The van der Waals surface area contributed by atoms with Crippen LogP contribution in [-0.4, -0.2) is 34.3 Å². The molecule has 1 aliphatic rings. The minimum atomic E-state index is -0.402. The second kappa shape index (κ2) is 10.3. The Balaban J connectivity index is 2.36. The largest absolute Gasteiger partial charge is 0.493 e. The quantitative estimate of drug-likeness (QED) is 0.632. The molecule has 33 heavy (non-hydrogen) atoms. The van der Waals surface area contributed by atoms with E-state index in [2.05, 4.69) is 5.32 Å². The predicted octanol–water partition coefficient (Wildman–Crippen LogP) is 4.55. The number of ether oxygens (including phenoxy) is 4. The molecule has 0 saturated carbocycles. The number of hydrogen-bond acceptors (Lipinski definition) is 6. The van der Waals surface area contributed by atoms with Crippen molar-refractivity contribution in [2.24, 2.45) is 5.92 Å². The maximum atomic E-state index is 12.9. The maximum Gasteiger partial charge on any atom is 0.220 e. The van der Waals surface area contributed by atoms with E-state index >= 15 is 0 Å². The summed E-state index contributed by atoms with van der Waals surface area (Å²) in [6.07, 6.45) is 1.45. The molecule has 1 N–H and O–H groups in total. The molecule has 0 spiro atoms. The van der Waals surface area contributed by atoms with E-state index in [9.17, 15) is 9.59 Å². The summed E-state index contributed by atoms with van der Waals surface area (Å²) >= 11 is 6.79. The number of nitrogens with one attached hydrogen (secondary N) is 1. The van der Waals surface area contributed by atoms with Crippen LogP contribution in [0, 0.1) is 5.92 Å². The van der Waals surface area contributed by atoms with E-state index in [1.165, 1.54) is 27.4 Å². The van der Waals surface area contributed by atoms with E-state index in [4.69, 9.17) is 30.5 Å². The monoisotopic (exact) mass is 475 g/mol. The zero-order valence-electron chi connectivity index (χ0n) is 19.8. The molecule has 0 saturated heterocycles. The lowest BCUT2D eigenvalue weighted by Gasteiger charge is -2.21. The van der Waals surface area contributed by atoms with Gasteiger partial charge in [0.2, 0.25) is 17.1 Å². The molecule has 1 amide bonds. The topological polar surface area (TPSA) is 83.1 Å². The summed E-state index contributed by atoms with van der Waals surface area (Å²) in [5.41, 5.74) is 2.59. The molecule has 1 aliphatic carbocycles. The van der Waals surface area contributed by atoms with Gasteiger partial charge in [-0.15, -0.1) is 0 Å². The Hall–Kier alpha value is -2.93. The van der Waals surface area contributed by atoms with Crippen LogP contribution in [-0.2, 0) is 11.2 Å². The van der Waals surface area contributed by atoms with Gasteiger partial charge in [0, 0.05) is 12.0 Å². The molecule has 0 radical (unpaired) electrons. The van der Waals surface area contributed by atoms with Crippen LogP contribution in [0.1, 0.15) is 43.9 Å². The van der Waals surface area contributed by atoms with Crippen molar-refractivity contribution >= 4 is 17.5 Å². The molecule has 0 fully saturated rings. The Bertz CT molecular complexity index is 1120. The van der Waals surface area contributed by atoms with Crippen molar-refractivity contribution in [1.82, 2.24) is 5.32 Å². The fourth-order valence-corrected chi connectivity index (χ4v) is 4.66. The molecule has 7 nitrogen and oxygen atoms in total. The van der Waals surface area contributed by atoms with Crippen LogP contribution in [0.2, 0.25) is 5.02 Å². The zero-order valence-corrected chi connectivity index (χ0v) is 20.6. The van der Waals surface area contributed by atoms with E-state index in [1.807, 2.05) is 13.8 Å². The van der Waals surface area contributed by atoms with Gasteiger partial charge in [-0.2, -0.15) is 0 Å². The summed E-state index contributed by atoms with van der Waals surface area (Å²) in [5.74, 6) is 1.51. The number of carbonyl (C=O) groups is 1. The van der Waals surface area contributed by atoms with Gasteiger partial charge >= 0.3 is 0 Å². The molecule has 2 aromatic carbocycles. The average Bonchev–Trinajstić information content (AvgIpc) is 3.02. The first-order valence-corrected chi connectivity index (χ1v) is 11.2. The standard InChI is InChI=1S/C25H30ClNO6/c1-13(2)11-20(29)27-17-9-7-15-21(14-8-10-19(30-3)18(28)12-16(14)17)23(31-4)25(33-6)24(32-5)22(15)26/h8,10,12-13,17H,7,9,11H2,1-6H3,(H,27,29)/t17-/m0/s1. The Morgan fingerprint density at radius 3 is 2.30 bits per heavy atom. The third kappa shape index (κ3) is 4.74. The number of methoxy groups -OCH3 is 4. The summed E-state index contributed by atoms with van der Waals surface area (Å²) in [4.78, 5) is 25.5. The minimum Gasteiger partial charge on any atom is -0.493 e.